The molecule has 10 nitrogen and oxygen atoms in total. The third-order valence-electron chi connectivity index (χ3n) is 4.93. The normalized spacial score (nSPS) is 11.8. The van der Waals surface area contributed by atoms with Gasteiger partial charge in [-0.1, -0.05) is 35.9 Å². The first-order valence-electron chi connectivity index (χ1n) is 10.5. The van der Waals surface area contributed by atoms with Crippen molar-refractivity contribution in [2.24, 2.45) is 16.5 Å². The van der Waals surface area contributed by atoms with E-state index in [1.807, 2.05) is 6.92 Å². The van der Waals surface area contributed by atoms with Gasteiger partial charge < -0.3 is 21.9 Å². The van der Waals surface area contributed by atoms with Gasteiger partial charge in [0, 0.05) is 11.3 Å². The molecule has 0 aliphatic rings. The highest BCUT2D eigenvalue weighted by molar-refractivity contribution is 7.92. The fourth-order valence-corrected chi connectivity index (χ4v) is 4.36. The molecule has 1 unspecified atom stereocenters. The maximum atomic E-state index is 12.9. The van der Waals surface area contributed by atoms with E-state index in [0.717, 1.165) is 5.56 Å². The number of sulfonamides is 1. The summed E-state index contributed by atoms with van der Waals surface area (Å²) in [5.41, 5.74) is 12.9. The molecule has 3 aromatic carbocycles. The van der Waals surface area contributed by atoms with Crippen molar-refractivity contribution >= 4 is 39.2 Å². The first-order chi connectivity index (χ1) is 16.5. The second-order valence-electron chi connectivity index (χ2n) is 7.75. The van der Waals surface area contributed by atoms with Crippen LogP contribution in [-0.2, 0) is 14.8 Å². The van der Waals surface area contributed by atoms with Crippen LogP contribution in [0.5, 0.6) is 0 Å². The zero-order valence-electron chi connectivity index (χ0n) is 18.8. The molecular weight excluding hydrogens is 470 g/mol. The van der Waals surface area contributed by atoms with E-state index in [9.17, 15) is 23.1 Å². The summed E-state index contributed by atoms with van der Waals surface area (Å²) in [5, 5.41) is 12.1. The minimum absolute atomic E-state index is 0.0693. The molecule has 182 valence electrons. The number of nitrogens with two attached hydrogens (primary N) is 2. The molecule has 0 fully saturated rings. The van der Waals surface area contributed by atoms with E-state index in [2.05, 4.69) is 15.0 Å². The van der Waals surface area contributed by atoms with E-state index < -0.39 is 34.4 Å². The van der Waals surface area contributed by atoms with Crippen LogP contribution in [0, 0.1) is 6.92 Å². The number of carbonyl (C=O) groups is 2. The van der Waals surface area contributed by atoms with Crippen LogP contribution in [0.3, 0.4) is 0 Å². The number of carboxylic acid groups (broad SMARTS) is 1. The number of aryl methyl sites for hydroxylation is 1. The number of nitrogens with zero attached hydrogens (tertiary/aromatic N) is 1. The highest BCUT2D eigenvalue weighted by Crippen LogP contribution is 2.25. The summed E-state index contributed by atoms with van der Waals surface area (Å²) in [5.74, 6) is -1.78. The summed E-state index contributed by atoms with van der Waals surface area (Å²) in [6.45, 7) is 1.89. The van der Waals surface area contributed by atoms with E-state index in [4.69, 9.17) is 11.5 Å². The van der Waals surface area contributed by atoms with Crippen molar-refractivity contribution in [3.8, 4) is 0 Å². The monoisotopic (exact) mass is 495 g/mol. The molecule has 3 rings (SSSR count). The lowest BCUT2D eigenvalue weighted by Crippen LogP contribution is -2.30. The van der Waals surface area contributed by atoms with Crippen LogP contribution in [0.15, 0.2) is 82.7 Å². The largest absolute Gasteiger partial charge is 0.481 e. The molecule has 3 aromatic rings. The Morgan fingerprint density at radius 3 is 2.34 bits per heavy atom. The molecule has 11 heteroatoms. The number of anilines is 1. The number of carbonyl (C=O) groups excluding carboxylic acids is 1. The minimum Gasteiger partial charge on any atom is -0.481 e. The highest BCUT2D eigenvalue weighted by atomic mass is 32.2. The van der Waals surface area contributed by atoms with E-state index in [-0.39, 0.29) is 22.2 Å². The van der Waals surface area contributed by atoms with Crippen LogP contribution in [0.25, 0.3) is 0 Å². The summed E-state index contributed by atoms with van der Waals surface area (Å²) >= 11 is 0. The van der Waals surface area contributed by atoms with Crippen molar-refractivity contribution < 1.29 is 23.1 Å². The van der Waals surface area contributed by atoms with Crippen LogP contribution in [0.2, 0.25) is 0 Å². The Morgan fingerprint density at radius 1 is 1.00 bits per heavy atom. The Hall–Kier alpha value is -4.38. The average Bonchev–Trinajstić information content (AvgIpc) is 2.78. The highest BCUT2D eigenvalue weighted by Gasteiger charge is 2.21. The molecule has 35 heavy (non-hydrogen) atoms. The van der Waals surface area contributed by atoms with Crippen LogP contribution in [0.1, 0.15) is 33.9 Å². The second-order valence-corrected chi connectivity index (χ2v) is 9.44. The molecule has 0 bridgehead atoms. The molecule has 0 heterocycles. The number of aliphatic carboxylic acids is 1. The molecule has 0 aliphatic heterocycles. The van der Waals surface area contributed by atoms with E-state index in [1.54, 1.807) is 42.5 Å². The van der Waals surface area contributed by atoms with Crippen molar-refractivity contribution in [3.05, 3.63) is 89.5 Å². The standard InChI is InChI=1S/C24H25N5O5S/c1-15-8-10-16(11-9-15)23(32)28-21(14-22(30)31)17-4-2-6-19(12-17)29-35(33,34)20-7-3-5-18(13-20)27-24(25)26/h2-13,21,29H,14H2,1H3,(H,28,32)(H,30,31)(H4,25,26,27). The van der Waals surface area contributed by atoms with Crippen LogP contribution in [0.4, 0.5) is 11.4 Å². The average molecular weight is 496 g/mol. The van der Waals surface area contributed by atoms with Gasteiger partial charge in [-0.2, -0.15) is 0 Å². The van der Waals surface area contributed by atoms with Crippen molar-refractivity contribution in [3.63, 3.8) is 0 Å². The lowest BCUT2D eigenvalue weighted by molar-refractivity contribution is -0.137. The summed E-state index contributed by atoms with van der Waals surface area (Å²) in [7, 11) is -4.01. The number of hydrogen-bond acceptors (Lipinski definition) is 5. The van der Waals surface area contributed by atoms with Gasteiger partial charge in [-0.25, -0.2) is 13.4 Å². The number of guanidine groups is 1. The Labute approximate surface area is 202 Å². The Balaban J connectivity index is 1.85. The fourth-order valence-electron chi connectivity index (χ4n) is 3.28. The van der Waals surface area contributed by atoms with E-state index in [0.29, 0.717) is 11.1 Å². The molecule has 7 N–H and O–H groups in total. The molecule has 1 amide bonds. The van der Waals surface area contributed by atoms with Gasteiger partial charge in [0.1, 0.15) is 0 Å². The smallest absolute Gasteiger partial charge is 0.305 e. The van der Waals surface area contributed by atoms with E-state index >= 15 is 0 Å². The number of benzene rings is 3. The Bertz CT molecular complexity index is 1370. The van der Waals surface area contributed by atoms with Gasteiger partial charge >= 0.3 is 5.97 Å². The number of amides is 1. The molecule has 1 atom stereocenters. The number of aliphatic imine (C=N–C) groups is 1. The molecule has 0 saturated carbocycles. The quantitative estimate of drug-likeness (QED) is 0.224. The predicted molar refractivity (Wildman–Crippen MR) is 133 cm³/mol. The summed E-state index contributed by atoms with van der Waals surface area (Å²) in [4.78, 5) is 27.9. The number of rotatable bonds is 9. The summed E-state index contributed by atoms with van der Waals surface area (Å²) < 4.78 is 28.3. The third-order valence-corrected chi connectivity index (χ3v) is 6.30. The number of carboxylic acids is 1. The topological polar surface area (TPSA) is 177 Å². The zero-order chi connectivity index (χ0) is 25.6. The Morgan fingerprint density at radius 2 is 1.69 bits per heavy atom. The fraction of sp³-hybridized carbons (Fsp3) is 0.125. The number of nitrogens with one attached hydrogen (secondary N) is 2. The molecule has 0 radical (unpaired) electrons. The summed E-state index contributed by atoms with van der Waals surface area (Å²) in [6, 6.07) is 17.8. The zero-order valence-corrected chi connectivity index (χ0v) is 19.6. The molecule has 0 aromatic heterocycles. The molecular formula is C24H25N5O5S. The van der Waals surface area contributed by atoms with Gasteiger partial charge in [0.15, 0.2) is 5.96 Å². The first kappa shape index (κ1) is 25.2. The molecule has 0 saturated heterocycles. The predicted octanol–water partition coefficient (Wildman–Crippen LogP) is 2.65. The van der Waals surface area contributed by atoms with Crippen LogP contribution in [-0.4, -0.2) is 31.4 Å². The summed E-state index contributed by atoms with van der Waals surface area (Å²) in [6.07, 6.45) is -0.394. The van der Waals surface area contributed by atoms with Crippen LogP contribution < -0.4 is 21.5 Å². The Kier molecular flexibility index (Phi) is 7.72. The van der Waals surface area contributed by atoms with Gasteiger partial charge in [0.25, 0.3) is 15.9 Å². The SMILES string of the molecule is Cc1ccc(C(=O)NC(CC(=O)O)c2cccc(NS(=O)(=O)c3cccc(N=C(N)N)c3)c2)cc1. The van der Waals surface area contributed by atoms with Crippen LogP contribution >= 0.6 is 0 Å². The van der Waals surface area contributed by atoms with Crippen molar-refractivity contribution in [2.75, 3.05) is 4.72 Å². The van der Waals surface area contributed by atoms with E-state index in [1.165, 1.54) is 30.3 Å². The minimum atomic E-state index is -4.01. The van der Waals surface area contributed by atoms with Gasteiger partial charge in [0.05, 0.1) is 23.0 Å². The second kappa shape index (κ2) is 10.7. The lowest BCUT2D eigenvalue weighted by atomic mass is 10.0. The van der Waals surface area contributed by atoms with Crippen molar-refractivity contribution in [1.29, 1.82) is 0 Å². The van der Waals surface area contributed by atoms with Crippen molar-refractivity contribution in [1.82, 2.24) is 5.32 Å². The maximum Gasteiger partial charge on any atom is 0.305 e. The first-order valence-corrected chi connectivity index (χ1v) is 11.9. The molecule has 0 spiro atoms. The van der Waals surface area contributed by atoms with Crippen molar-refractivity contribution in [2.45, 2.75) is 24.3 Å². The number of hydrogen-bond donors (Lipinski definition) is 5. The lowest BCUT2D eigenvalue weighted by Gasteiger charge is -2.19. The van der Waals surface area contributed by atoms with Gasteiger partial charge in [-0.3, -0.25) is 14.3 Å². The maximum absolute atomic E-state index is 12.9. The molecule has 0 aliphatic carbocycles. The third kappa shape index (κ3) is 7.05. The van der Waals surface area contributed by atoms with Gasteiger partial charge in [-0.15, -0.1) is 0 Å². The van der Waals surface area contributed by atoms with Gasteiger partial charge in [0.2, 0.25) is 0 Å². The van der Waals surface area contributed by atoms with Gasteiger partial charge in [-0.05, 0) is 55.0 Å².